The summed E-state index contributed by atoms with van der Waals surface area (Å²) in [6.07, 6.45) is 0. The SMILES string of the molecule is C/N=C(\c1ccccc1)N1CCNCC1. The molecule has 1 heterocycles. The highest BCUT2D eigenvalue weighted by Gasteiger charge is 2.14. The van der Waals surface area contributed by atoms with Crippen molar-refractivity contribution in [3.05, 3.63) is 35.9 Å². The van der Waals surface area contributed by atoms with Crippen molar-refractivity contribution in [2.45, 2.75) is 0 Å². The van der Waals surface area contributed by atoms with Gasteiger partial charge in [0.25, 0.3) is 0 Å². The van der Waals surface area contributed by atoms with Gasteiger partial charge in [0.2, 0.25) is 0 Å². The maximum absolute atomic E-state index is 4.40. The second-order valence-electron chi connectivity index (χ2n) is 3.65. The molecule has 3 heteroatoms. The zero-order chi connectivity index (χ0) is 10.5. The Hall–Kier alpha value is -1.35. The maximum atomic E-state index is 4.40. The summed E-state index contributed by atoms with van der Waals surface area (Å²) in [5.74, 6) is 1.11. The molecule has 1 aromatic carbocycles. The first-order valence-corrected chi connectivity index (χ1v) is 5.39. The molecule has 0 bridgehead atoms. The van der Waals surface area contributed by atoms with Crippen LogP contribution in [-0.4, -0.2) is 44.0 Å². The predicted molar refractivity (Wildman–Crippen MR) is 63.3 cm³/mol. The summed E-state index contributed by atoms with van der Waals surface area (Å²) in [6, 6.07) is 10.4. The van der Waals surface area contributed by atoms with E-state index in [0.29, 0.717) is 0 Å². The number of aliphatic imine (C=N–C) groups is 1. The van der Waals surface area contributed by atoms with Crippen LogP contribution in [0.3, 0.4) is 0 Å². The third kappa shape index (κ3) is 2.36. The fourth-order valence-electron chi connectivity index (χ4n) is 1.92. The molecule has 1 N–H and O–H groups in total. The van der Waals surface area contributed by atoms with Crippen molar-refractivity contribution in [3.8, 4) is 0 Å². The standard InChI is InChI=1S/C12H17N3/c1-13-12(11-5-3-2-4-6-11)15-9-7-14-8-10-15/h2-6,14H,7-10H2,1H3/b13-12+. The first-order chi connectivity index (χ1) is 7.42. The van der Waals surface area contributed by atoms with Gasteiger partial charge in [-0.3, -0.25) is 4.99 Å². The van der Waals surface area contributed by atoms with Crippen LogP contribution in [0.25, 0.3) is 0 Å². The van der Waals surface area contributed by atoms with Gasteiger partial charge in [-0.2, -0.15) is 0 Å². The van der Waals surface area contributed by atoms with Crippen LogP contribution in [0.4, 0.5) is 0 Å². The van der Waals surface area contributed by atoms with Gasteiger partial charge in [0.15, 0.2) is 0 Å². The molecule has 1 aliphatic heterocycles. The summed E-state index contributed by atoms with van der Waals surface area (Å²) in [5.41, 5.74) is 1.21. The molecule has 1 saturated heterocycles. The monoisotopic (exact) mass is 203 g/mol. The number of hydrogen-bond acceptors (Lipinski definition) is 2. The number of benzene rings is 1. The van der Waals surface area contributed by atoms with E-state index in [-0.39, 0.29) is 0 Å². The Morgan fingerprint density at radius 1 is 1.20 bits per heavy atom. The Labute approximate surface area is 90.8 Å². The van der Waals surface area contributed by atoms with E-state index in [1.165, 1.54) is 5.56 Å². The van der Waals surface area contributed by atoms with Crippen molar-refractivity contribution in [1.29, 1.82) is 0 Å². The van der Waals surface area contributed by atoms with Gasteiger partial charge in [0, 0.05) is 38.8 Å². The van der Waals surface area contributed by atoms with E-state index in [1.807, 2.05) is 13.1 Å². The molecular formula is C12H17N3. The van der Waals surface area contributed by atoms with Gasteiger partial charge in [-0.15, -0.1) is 0 Å². The summed E-state index contributed by atoms with van der Waals surface area (Å²) in [6.45, 7) is 4.18. The molecule has 0 spiro atoms. The summed E-state index contributed by atoms with van der Waals surface area (Å²) in [4.78, 5) is 6.74. The van der Waals surface area contributed by atoms with Gasteiger partial charge in [0.1, 0.15) is 5.84 Å². The number of amidine groups is 1. The Morgan fingerprint density at radius 3 is 2.47 bits per heavy atom. The van der Waals surface area contributed by atoms with E-state index >= 15 is 0 Å². The third-order valence-electron chi connectivity index (χ3n) is 2.66. The average Bonchev–Trinajstić information content (AvgIpc) is 2.33. The molecule has 1 fully saturated rings. The lowest BCUT2D eigenvalue weighted by molar-refractivity contribution is 0.357. The lowest BCUT2D eigenvalue weighted by atomic mass is 10.2. The van der Waals surface area contributed by atoms with Gasteiger partial charge in [-0.25, -0.2) is 0 Å². The molecule has 2 rings (SSSR count). The highest BCUT2D eigenvalue weighted by atomic mass is 15.2. The fourth-order valence-corrected chi connectivity index (χ4v) is 1.92. The molecule has 1 aliphatic rings. The number of hydrogen-bond donors (Lipinski definition) is 1. The van der Waals surface area contributed by atoms with Crippen molar-refractivity contribution >= 4 is 5.84 Å². The molecular weight excluding hydrogens is 186 g/mol. The fraction of sp³-hybridized carbons (Fsp3) is 0.417. The second-order valence-corrected chi connectivity index (χ2v) is 3.65. The van der Waals surface area contributed by atoms with Crippen molar-refractivity contribution < 1.29 is 0 Å². The Morgan fingerprint density at radius 2 is 1.87 bits per heavy atom. The van der Waals surface area contributed by atoms with Crippen LogP contribution in [0.1, 0.15) is 5.56 Å². The molecule has 0 amide bonds. The van der Waals surface area contributed by atoms with Crippen molar-refractivity contribution in [2.24, 2.45) is 4.99 Å². The number of piperazine rings is 1. The summed E-state index contributed by atoms with van der Waals surface area (Å²) in [7, 11) is 1.87. The molecule has 1 aromatic rings. The predicted octanol–water partition coefficient (Wildman–Crippen LogP) is 0.968. The molecule has 80 valence electrons. The first-order valence-electron chi connectivity index (χ1n) is 5.39. The highest BCUT2D eigenvalue weighted by Crippen LogP contribution is 2.06. The minimum atomic E-state index is 1.04. The van der Waals surface area contributed by atoms with Crippen molar-refractivity contribution in [2.75, 3.05) is 33.2 Å². The molecule has 0 atom stereocenters. The molecule has 0 radical (unpaired) electrons. The zero-order valence-corrected chi connectivity index (χ0v) is 9.11. The smallest absolute Gasteiger partial charge is 0.130 e. The van der Waals surface area contributed by atoms with E-state index in [2.05, 4.69) is 39.5 Å². The normalized spacial score (nSPS) is 17.9. The molecule has 0 saturated carbocycles. The average molecular weight is 203 g/mol. The number of nitrogens with zero attached hydrogens (tertiary/aromatic N) is 2. The van der Waals surface area contributed by atoms with Crippen LogP contribution < -0.4 is 5.32 Å². The van der Waals surface area contributed by atoms with Crippen molar-refractivity contribution in [1.82, 2.24) is 10.2 Å². The van der Waals surface area contributed by atoms with Crippen LogP contribution in [0.5, 0.6) is 0 Å². The largest absolute Gasteiger partial charge is 0.354 e. The van der Waals surface area contributed by atoms with Gasteiger partial charge >= 0.3 is 0 Å². The van der Waals surface area contributed by atoms with Gasteiger partial charge in [0.05, 0.1) is 0 Å². The van der Waals surface area contributed by atoms with E-state index in [4.69, 9.17) is 0 Å². The lowest BCUT2D eigenvalue weighted by Crippen LogP contribution is -2.46. The second kappa shape index (κ2) is 4.94. The third-order valence-corrected chi connectivity index (χ3v) is 2.66. The Kier molecular flexibility index (Phi) is 3.35. The topological polar surface area (TPSA) is 27.6 Å². The Bertz CT molecular complexity index is 326. The summed E-state index contributed by atoms with van der Waals surface area (Å²) < 4.78 is 0. The minimum Gasteiger partial charge on any atom is -0.354 e. The lowest BCUT2D eigenvalue weighted by Gasteiger charge is -2.30. The number of rotatable bonds is 1. The van der Waals surface area contributed by atoms with Crippen LogP contribution in [0, 0.1) is 0 Å². The van der Waals surface area contributed by atoms with Crippen LogP contribution in [-0.2, 0) is 0 Å². The quantitative estimate of drug-likeness (QED) is 0.544. The van der Waals surface area contributed by atoms with E-state index < -0.39 is 0 Å². The summed E-state index contributed by atoms with van der Waals surface area (Å²) >= 11 is 0. The van der Waals surface area contributed by atoms with E-state index in [1.54, 1.807) is 0 Å². The molecule has 0 aliphatic carbocycles. The van der Waals surface area contributed by atoms with Crippen LogP contribution in [0.15, 0.2) is 35.3 Å². The molecule has 15 heavy (non-hydrogen) atoms. The summed E-state index contributed by atoms with van der Waals surface area (Å²) in [5, 5.41) is 3.35. The van der Waals surface area contributed by atoms with Gasteiger partial charge in [-0.1, -0.05) is 30.3 Å². The maximum Gasteiger partial charge on any atom is 0.130 e. The molecule has 0 aromatic heterocycles. The van der Waals surface area contributed by atoms with Gasteiger partial charge in [-0.05, 0) is 0 Å². The van der Waals surface area contributed by atoms with E-state index in [0.717, 1.165) is 32.0 Å². The minimum absolute atomic E-state index is 1.04. The van der Waals surface area contributed by atoms with Crippen molar-refractivity contribution in [3.63, 3.8) is 0 Å². The highest BCUT2D eigenvalue weighted by molar-refractivity contribution is 5.98. The van der Waals surface area contributed by atoms with Gasteiger partial charge < -0.3 is 10.2 Å². The number of nitrogens with one attached hydrogen (secondary N) is 1. The van der Waals surface area contributed by atoms with Crippen LogP contribution >= 0.6 is 0 Å². The Balaban J connectivity index is 2.17. The molecule has 3 nitrogen and oxygen atoms in total. The molecule has 0 unspecified atom stereocenters. The first kappa shape index (κ1) is 10.2. The van der Waals surface area contributed by atoms with Crippen LogP contribution in [0.2, 0.25) is 0 Å². The zero-order valence-electron chi connectivity index (χ0n) is 9.11. The van der Waals surface area contributed by atoms with E-state index in [9.17, 15) is 0 Å².